The molecule has 1 aromatic carbocycles. The highest BCUT2D eigenvalue weighted by Gasteiger charge is 2.33. The number of halogens is 2. The summed E-state index contributed by atoms with van der Waals surface area (Å²) < 4.78 is 40.6. The first-order chi connectivity index (χ1) is 8.82. The molecule has 106 valence electrons. The van der Waals surface area contributed by atoms with Crippen LogP contribution in [-0.4, -0.2) is 25.8 Å². The third-order valence-electron chi connectivity index (χ3n) is 3.81. The molecule has 0 spiro atoms. The van der Waals surface area contributed by atoms with Crippen LogP contribution in [0.2, 0.25) is 0 Å². The molecule has 0 aliphatic carbocycles. The fraction of sp³-hybridized carbons (Fsp3) is 0.538. The largest absolute Gasteiger partial charge is 0.245 e. The summed E-state index contributed by atoms with van der Waals surface area (Å²) in [5.41, 5.74) is 0. The lowest BCUT2D eigenvalue weighted by Crippen LogP contribution is -2.42. The Balaban J connectivity index is 2.32. The van der Waals surface area contributed by atoms with Crippen molar-refractivity contribution < 1.29 is 12.8 Å². The molecule has 2 unspecified atom stereocenters. The van der Waals surface area contributed by atoms with E-state index in [9.17, 15) is 12.8 Å². The highest BCUT2D eigenvalue weighted by molar-refractivity contribution is 9.10. The molecule has 19 heavy (non-hydrogen) atoms. The minimum Gasteiger partial charge on any atom is -0.207 e. The van der Waals surface area contributed by atoms with Gasteiger partial charge in [-0.05, 0) is 36.5 Å². The van der Waals surface area contributed by atoms with E-state index in [4.69, 9.17) is 0 Å². The van der Waals surface area contributed by atoms with E-state index in [1.807, 2.05) is 6.92 Å². The number of rotatable bonds is 2. The molecule has 1 heterocycles. The Morgan fingerprint density at radius 3 is 2.58 bits per heavy atom. The Morgan fingerprint density at radius 1 is 1.32 bits per heavy atom. The van der Waals surface area contributed by atoms with Gasteiger partial charge in [0.05, 0.1) is 0 Å². The number of benzene rings is 1. The molecule has 1 aromatic rings. The van der Waals surface area contributed by atoms with E-state index < -0.39 is 15.8 Å². The molecular weight excluding hydrogens is 333 g/mol. The third-order valence-corrected chi connectivity index (χ3v) is 6.20. The summed E-state index contributed by atoms with van der Waals surface area (Å²) in [5, 5.41) is 0. The molecule has 1 aliphatic heterocycles. The zero-order valence-electron chi connectivity index (χ0n) is 10.9. The van der Waals surface area contributed by atoms with Gasteiger partial charge < -0.3 is 0 Å². The maximum absolute atomic E-state index is 13.8. The molecule has 2 rings (SSSR count). The van der Waals surface area contributed by atoms with Crippen molar-refractivity contribution in [2.24, 2.45) is 11.8 Å². The van der Waals surface area contributed by atoms with E-state index in [0.717, 1.165) is 6.42 Å². The van der Waals surface area contributed by atoms with Gasteiger partial charge in [0.25, 0.3) is 0 Å². The molecule has 0 saturated carbocycles. The lowest BCUT2D eigenvalue weighted by molar-refractivity contribution is 0.212. The van der Waals surface area contributed by atoms with Crippen LogP contribution >= 0.6 is 15.9 Å². The number of hydrogen-bond acceptors (Lipinski definition) is 2. The summed E-state index contributed by atoms with van der Waals surface area (Å²) in [4.78, 5) is -0.238. The van der Waals surface area contributed by atoms with Gasteiger partial charge >= 0.3 is 0 Å². The number of piperidine rings is 1. The summed E-state index contributed by atoms with van der Waals surface area (Å²) >= 11 is 3.13. The maximum Gasteiger partial charge on any atom is 0.245 e. The van der Waals surface area contributed by atoms with Gasteiger partial charge in [0.1, 0.15) is 10.7 Å². The average molecular weight is 350 g/mol. The Kier molecular flexibility index (Phi) is 4.32. The Morgan fingerprint density at radius 2 is 2.00 bits per heavy atom. The van der Waals surface area contributed by atoms with Crippen LogP contribution in [0.3, 0.4) is 0 Å². The van der Waals surface area contributed by atoms with E-state index in [1.165, 1.54) is 16.4 Å². The van der Waals surface area contributed by atoms with Crippen molar-refractivity contribution in [1.29, 1.82) is 0 Å². The molecule has 0 aromatic heterocycles. The summed E-state index contributed by atoms with van der Waals surface area (Å²) in [6.45, 7) is 5.07. The van der Waals surface area contributed by atoms with Crippen LogP contribution in [0.4, 0.5) is 4.39 Å². The molecular formula is C13H17BrFNO2S. The van der Waals surface area contributed by atoms with Crippen molar-refractivity contribution in [3.8, 4) is 0 Å². The fourth-order valence-corrected chi connectivity index (χ4v) is 4.20. The summed E-state index contributed by atoms with van der Waals surface area (Å²) in [6, 6.07) is 4.05. The maximum atomic E-state index is 13.8. The molecule has 2 atom stereocenters. The Labute approximate surface area is 122 Å². The predicted octanol–water partition coefficient (Wildman–Crippen LogP) is 3.25. The van der Waals surface area contributed by atoms with Crippen molar-refractivity contribution in [1.82, 2.24) is 4.31 Å². The monoisotopic (exact) mass is 349 g/mol. The predicted molar refractivity (Wildman–Crippen MR) is 75.8 cm³/mol. The van der Waals surface area contributed by atoms with Crippen molar-refractivity contribution in [2.45, 2.75) is 25.2 Å². The summed E-state index contributed by atoms with van der Waals surface area (Å²) in [6.07, 6.45) is 0.818. The van der Waals surface area contributed by atoms with E-state index in [1.54, 1.807) is 6.07 Å². The lowest BCUT2D eigenvalue weighted by atomic mass is 9.90. The number of nitrogens with zero attached hydrogens (tertiary/aromatic N) is 1. The van der Waals surface area contributed by atoms with Crippen molar-refractivity contribution in [3.63, 3.8) is 0 Å². The first kappa shape index (κ1) is 14.9. The van der Waals surface area contributed by atoms with Gasteiger partial charge in [-0.2, -0.15) is 4.31 Å². The first-order valence-corrected chi connectivity index (χ1v) is 8.51. The van der Waals surface area contributed by atoms with Crippen molar-refractivity contribution >= 4 is 26.0 Å². The van der Waals surface area contributed by atoms with Crippen LogP contribution in [0.25, 0.3) is 0 Å². The highest BCUT2D eigenvalue weighted by Crippen LogP contribution is 2.29. The quantitative estimate of drug-likeness (QED) is 0.821. The third kappa shape index (κ3) is 3.01. The van der Waals surface area contributed by atoms with Crippen LogP contribution < -0.4 is 0 Å². The van der Waals surface area contributed by atoms with Gasteiger partial charge in [-0.15, -0.1) is 0 Å². The van der Waals surface area contributed by atoms with Gasteiger partial charge in [0, 0.05) is 17.6 Å². The molecule has 0 amide bonds. The molecule has 6 heteroatoms. The van der Waals surface area contributed by atoms with Crippen LogP contribution in [0, 0.1) is 17.7 Å². The van der Waals surface area contributed by atoms with Crippen LogP contribution in [0.5, 0.6) is 0 Å². The second-order valence-corrected chi connectivity index (χ2v) is 8.00. The summed E-state index contributed by atoms with van der Waals surface area (Å²) in [5.74, 6) is 0.0869. The van der Waals surface area contributed by atoms with E-state index in [0.29, 0.717) is 29.4 Å². The van der Waals surface area contributed by atoms with Gasteiger partial charge in [-0.1, -0.05) is 29.8 Å². The van der Waals surface area contributed by atoms with E-state index in [2.05, 4.69) is 22.9 Å². The van der Waals surface area contributed by atoms with Crippen LogP contribution in [0.15, 0.2) is 27.6 Å². The van der Waals surface area contributed by atoms with Crippen LogP contribution in [0.1, 0.15) is 20.3 Å². The standard InChI is InChI=1S/C13H17BrFNO2S/c1-9-5-6-16(8-10(9)2)19(17,18)13-4-3-11(14)7-12(13)15/h3-4,7,9-10H,5-6,8H2,1-2H3. The minimum atomic E-state index is -3.73. The highest BCUT2D eigenvalue weighted by atomic mass is 79.9. The van der Waals surface area contributed by atoms with Crippen molar-refractivity contribution in [2.75, 3.05) is 13.1 Å². The molecule has 0 bridgehead atoms. The number of hydrogen-bond donors (Lipinski definition) is 0. The zero-order chi connectivity index (χ0) is 14.2. The molecule has 0 N–H and O–H groups in total. The number of sulfonamides is 1. The lowest BCUT2D eigenvalue weighted by Gasteiger charge is -2.34. The van der Waals surface area contributed by atoms with Crippen LogP contribution in [-0.2, 0) is 10.0 Å². The topological polar surface area (TPSA) is 37.4 Å². The first-order valence-electron chi connectivity index (χ1n) is 6.27. The SMILES string of the molecule is CC1CCN(S(=O)(=O)c2ccc(Br)cc2F)CC1C. The van der Waals surface area contributed by atoms with E-state index >= 15 is 0 Å². The van der Waals surface area contributed by atoms with E-state index in [-0.39, 0.29) is 4.90 Å². The normalized spacial score (nSPS) is 25.5. The molecule has 3 nitrogen and oxygen atoms in total. The molecule has 0 radical (unpaired) electrons. The minimum absolute atomic E-state index is 0.238. The smallest absolute Gasteiger partial charge is 0.207 e. The molecule has 1 saturated heterocycles. The Bertz CT molecular complexity index is 576. The van der Waals surface area contributed by atoms with Gasteiger partial charge in [0.15, 0.2) is 0 Å². The summed E-state index contributed by atoms with van der Waals surface area (Å²) in [7, 11) is -3.73. The second kappa shape index (κ2) is 5.50. The Hall–Kier alpha value is -0.460. The molecule has 1 aliphatic rings. The second-order valence-electron chi connectivity index (χ2n) is 5.18. The molecule has 1 fully saturated rings. The zero-order valence-corrected chi connectivity index (χ0v) is 13.3. The average Bonchev–Trinajstić information content (AvgIpc) is 2.32. The van der Waals surface area contributed by atoms with Crippen molar-refractivity contribution in [3.05, 3.63) is 28.5 Å². The van der Waals surface area contributed by atoms with Gasteiger partial charge in [-0.25, -0.2) is 12.8 Å². The van der Waals surface area contributed by atoms with Gasteiger partial charge in [0.2, 0.25) is 10.0 Å². The fourth-order valence-electron chi connectivity index (χ4n) is 2.27. The van der Waals surface area contributed by atoms with Gasteiger partial charge in [-0.3, -0.25) is 0 Å².